The molecule has 0 N–H and O–H groups in total. The fourth-order valence-corrected chi connectivity index (χ4v) is 4.01. The Bertz CT molecular complexity index is 1070. The second-order valence-corrected chi connectivity index (χ2v) is 8.92. The minimum absolute atomic E-state index is 0.254. The summed E-state index contributed by atoms with van der Waals surface area (Å²) in [4.78, 5) is 14.7. The molecule has 3 atom stereocenters. The maximum absolute atomic E-state index is 14.0. The third-order valence-electron chi connectivity index (χ3n) is 5.70. The van der Waals surface area contributed by atoms with Crippen molar-refractivity contribution in [3.63, 3.8) is 0 Å². The third-order valence-corrected chi connectivity index (χ3v) is 6.20. The summed E-state index contributed by atoms with van der Waals surface area (Å²) in [5.41, 5.74) is 1.41. The summed E-state index contributed by atoms with van der Waals surface area (Å²) in [6.45, 7) is 3.52. The van der Waals surface area contributed by atoms with Crippen molar-refractivity contribution < 1.29 is 18.3 Å². The molecule has 0 radical (unpaired) electrons. The quantitative estimate of drug-likeness (QED) is 0.342. The molecule has 0 saturated carbocycles. The molecule has 0 bridgehead atoms. The van der Waals surface area contributed by atoms with Gasteiger partial charge in [0.1, 0.15) is 17.4 Å². The Labute approximate surface area is 202 Å². The van der Waals surface area contributed by atoms with Gasteiger partial charge in [0.2, 0.25) is 0 Å². The van der Waals surface area contributed by atoms with Crippen molar-refractivity contribution >= 4 is 29.1 Å². The molecule has 1 amide bonds. The number of carbonyl (C=O) groups is 1. The summed E-state index contributed by atoms with van der Waals surface area (Å²) >= 11 is 11.9. The van der Waals surface area contributed by atoms with Gasteiger partial charge in [-0.3, -0.25) is 4.79 Å². The monoisotopic (exact) mass is 491 g/mol. The number of nitrogens with zero attached hydrogens (tertiary/aromatic N) is 1. The summed E-state index contributed by atoms with van der Waals surface area (Å²) in [6.07, 6.45) is -0.301. The molecule has 3 unspecified atom stereocenters. The minimum Gasteiger partial charge on any atom is -0.481 e. The SMILES string of the molecule is CC(Oc1ccc(Cl)cc1)C(=O)N(C)C(C)C(Cc1ccc(Cl)cc1)c1cc(F)cc(F)c1. The van der Waals surface area contributed by atoms with Crippen LogP contribution in [-0.2, 0) is 11.2 Å². The van der Waals surface area contributed by atoms with Gasteiger partial charge in [-0.2, -0.15) is 0 Å². The molecule has 0 spiro atoms. The van der Waals surface area contributed by atoms with Crippen LogP contribution in [0.5, 0.6) is 5.75 Å². The van der Waals surface area contributed by atoms with Crippen molar-refractivity contribution in [1.82, 2.24) is 4.90 Å². The van der Waals surface area contributed by atoms with E-state index in [9.17, 15) is 13.6 Å². The molecule has 174 valence electrons. The maximum atomic E-state index is 14.0. The van der Waals surface area contributed by atoms with Crippen LogP contribution < -0.4 is 4.74 Å². The van der Waals surface area contributed by atoms with E-state index in [0.29, 0.717) is 27.8 Å². The van der Waals surface area contributed by atoms with Gasteiger partial charge in [-0.1, -0.05) is 35.3 Å². The Morgan fingerprint density at radius 3 is 1.97 bits per heavy atom. The zero-order valence-corrected chi connectivity index (χ0v) is 20.1. The number of hydrogen-bond acceptors (Lipinski definition) is 2. The maximum Gasteiger partial charge on any atom is 0.263 e. The number of halogens is 4. The van der Waals surface area contributed by atoms with Crippen LogP contribution in [0.4, 0.5) is 8.78 Å². The van der Waals surface area contributed by atoms with Crippen LogP contribution >= 0.6 is 23.2 Å². The Hall–Kier alpha value is -2.63. The van der Waals surface area contributed by atoms with Crippen LogP contribution in [-0.4, -0.2) is 30.0 Å². The third kappa shape index (κ3) is 6.68. The summed E-state index contributed by atoms with van der Waals surface area (Å²) in [7, 11) is 1.67. The molecule has 3 nitrogen and oxygen atoms in total. The lowest BCUT2D eigenvalue weighted by molar-refractivity contribution is -0.138. The molecule has 7 heteroatoms. The van der Waals surface area contributed by atoms with Crippen LogP contribution in [0.3, 0.4) is 0 Å². The van der Waals surface area contributed by atoms with E-state index in [1.54, 1.807) is 55.3 Å². The number of hydrogen-bond donors (Lipinski definition) is 0. The topological polar surface area (TPSA) is 29.5 Å². The molecule has 0 fully saturated rings. The lowest BCUT2D eigenvalue weighted by Crippen LogP contribution is -2.45. The molecule has 0 aliphatic carbocycles. The number of ether oxygens (including phenoxy) is 1. The normalized spacial score (nSPS) is 13.8. The predicted octanol–water partition coefficient (Wildman–Crippen LogP) is 6.91. The highest BCUT2D eigenvalue weighted by atomic mass is 35.5. The lowest BCUT2D eigenvalue weighted by atomic mass is 9.85. The van der Waals surface area contributed by atoms with E-state index < -0.39 is 17.7 Å². The van der Waals surface area contributed by atoms with Gasteiger partial charge in [-0.15, -0.1) is 0 Å². The van der Waals surface area contributed by atoms with E-state index in [1.807, 2.05) is 19.1 Å². The molecule has 0 heterocycles. The Balaban J connectivity index is 1.83. The molecular formula is C26H25Cl2F2NO2. The van der Waals surface area contributed by atoms with E-state index in [4.69, 9.17) is 27.9 Å². The molecule has 0 aromatic heterocycles. The van der Waals surface area contributed by atoms with Crippen molar-refractivity contribution in [3.05, 3.63) is 99.5 Å². The van der Waals surface area contributed by atoms with Crippen LogP contribution in [0.2, 0.25) is 10.0 Å². The Kier molecular flexibility index (Phi) is 8.33. The molecule has 0 aliphatic rings. The fraction of sp³-hybridized carbons (Fsp3) is 0.269. The summed E-state index contributed by atoms with van der Waals surface area (Å²) in [6, 6.07) is 17.1. The first kappa shape index (κ1) is 25.0. The number of amides is 1. The first-order valence-electron chi connectivity index (χ1n) is 10.5. The highest BCUT2D eigenvalue weighted by molar-refractivity contribution is 6.30. The predicted molar refractivity (Wildman–Crippen MR) is 128 cm³/mol. The van der Waals surface area contributed by atoms with Crippen LogP contribution in [0.1, 0.15) is 30.9 Å². The molecule has 0 saturated heterocycles. The highest BCUT2D eigenvalue weighted by Gasteiger charge is 2.30. The largest absolute Gasteiger partial charge is 0.481 e. The Morgan fingerprint density at radius 2 is 1.42 bits per heavy atom. The van der Waals surface area contributed by atoms with Crippen molar-refractivity contribution in [1.29, 1.82) is 0 Å². The second-order valence-electron chi connectivity index (χ2n) is 8.04. The fourth-order valence-electron chi connectivity index (χ4n) is 3.76. The molecule has 3 aromatic carbocycles. The number of likely N-dealkylation sites (N-methyl/N-ethyl adjacent to an activating group) is 1. The van der Waals surface area contributed by atoms with Gasteiger partial charge in [0, 0.05) is 35.1 Å². The zero-order valence-electron chi connectivity index (χ0n) is 18.6. The van der Waals surface area contributed by atoms with E-state index in [2.05, 4.69) is 0 Å². The van der Waals surface area contributed by atoms with Crippen molar-refractivity contribution in [2.75, 3.05) is 7.05 Å². The Morgan fingerprint density at radius 1 is 0.909 bits per heavy atom. The summed E-state index contributed by atoms with van der Waals surface area (Å²) in [5, 5.41) is 1.17. The van der Waals surface area contributed by atoms with Crippen molar-refractivity contribution in [2.45, 2.75) is 38.3 Å². The molecule has 33 heavy (non-hydrogen) atoms. The van der Waals surface area contributed by atoms with Gasteiger partial charge in [0.25, 0.3) is 5.91 Å². The minimum atomic E-state index is -0.765. The van der Waals surface area contributed by atoms with Crippen LogP contribution in [0.15, 0.2) is 66.7 Å². The molecular weight excluding hydrogens is 467 g/mol. The number of benzene rings is 3. The van der Waals surface area contributed by atoms with Gasteiger partial charge in [0.15, 0.2) is 6.10 Å². The summed E-state index contributed by atoms with van der Waals surface area (Å²) < 4.78 is 33.8. The van der Waals surface area contributed by atoms with E-state index in [0.717, 1.165) is 11.6 Å². The number of rotatable bonds is 8. The zero-order chi connectivity index (χ0) is 24.1. The van der Waals surface area contributed by atoms with Gasteiger partial charge in [-0.05, 0) is 79.9 Å². The molecule has 3 rings (SSSR count). The molecule has 3 aromatic rings. The van der Waals surface area contributed by atoms with Crippen molar-refractivity contribution in [3.8, 4) is 5.75 Å². The summed E-state index contributed by atoms with van der Waals surface area (Å²) in [5.74, 6) is -1.42. The van der Waals surface area contributed by atoms with Gasteiger partial charge >= 0.3 is 0 Å². The van der Waals surface area contributed by atoms with Crippen LogP contribution in [0.25, 0.3) is 0 Å². The lowest BCUT2D eigenvalue weighted by Gasteiger charge is -2.34. The van der Waals surface area contributed by atoms with E-state index >= 15 is 0 Å². The molecule has 0 aliphatic heterocycles. The first-order valence-corrected chi connectivity index (χ1v) is 11.3. The standard InChI is InChI=1S/C26H25Cl2F2NO2/c1-16(31(3)26(32)17(2)33-24-10-8-21(28)9-11-24)25(12-18-4-6-20(27)7-5-18)19-13-22(29)15-23(30)14-19/h4-11,13-17,25H,12H2,1-3H3. The van der Waals surface area contributed by atoms with Crippen LogP contribution in [0, 0.1) is 11.6 Å². The van der Waals surface area contributed by atoms with Gasteiger partial charge in [0.05, 0.1) is 0 Å². The van der Waals surface area contributed by atoms with Crippen molar-refractivity contribution in [2.24, 2.45) is 0 Å². The smallest absolute Gasteiger partial charge is 0.263 e. The highest BCUT2D eigenvalue weighted by Crippen LogP contribution is 2.30. The number of carbonyl (C=O) groups excluding carboxylic acids is 1. The average Bonchev–Trinajstić information content (AvgIpc) is 2.78. The van der Waals surface area contributed by atoms with Gasteiger partial charge < -0.3 is 9.64 Å². The second kappa shape index (κ2) is 11.0. The van der Waals surface area contributed by atoms with Gasteiger partial charge in [-0.25, -0.2) is 8.78 Å². The average molecular weight is 492 g/mol. The van der Waals surface area contributed by atoms with E-state index in [-0.39, 0.29) is 17.9 Å². The first-order chi connectivity index (χ1) is 15.6. The van der Waals surface area contributed by atoms with E-state index in [1.165, 1.54) is 12.1 Å².